The molecule has 1 heterocycles. The molecule has 0 aromatic rings. The molecule has 1 aliphatic heterocycles. The Bertz CT molecular complexity index is 197. The second-order valence-electron chi connectivity index (χ2n) is 3.52. The molecule has 14 heavy (non-hydrogen) atoms. The van der Waals surface area contributed by atoms with E-state index in [2.05, 4.69) is 4.74 Å². The summed E-state index contributed by atoms with van der Waals surface area (Å²) in [6.45, 7) is 3.45. The van der Waals surface area contributed by atoms with Gasteiger partial charge in [-0.2, -0.15) is 0 Å². The van der Waals surface area contributed by atoms with Crippen LogP contribution in [0.2, 0.25) is 0 Å². The number of morpholine rings is 1. The number of methoxy groups -OCH3 is 1. The fraction of sp³-hybridized carbons (Fsp3) is 0.889. The van der Waals surface area contributed by atoms with E-state index in [1.807, 2.05) is 11.8 Å². The Hall–Kier alpha value is -0.650. The summed E-state index contributed by atoms with van der Waals surface area (Å²) in [7, 11) is 1.37. The third kappa shape index (κ3) is 3.25. The van der Waals surface area contributed by atoms with E-state index in [4.69, 9.17) is 9.84 Å². The molecule has 0 aliphatic carbocycles. The predicted molar refractivity (Wildman–Crippen MR) is 49.9 cm³/mol. The molecule has 0 spiro atoms. The zero-order chi connectivity index (χ0) is 10.6. The first kappa shape index (κ1) is 11.4. The smallest absolute Gasteiger partial charge is 0.319 e. The molecular formula is C9H17NO4. The van der Waals surface area contributed by atoms with Crippen molar-refractivity contribution in [1.82, 2.24) is 4.90 Å². The molecule has 0 amide bonds. The van der Waals surface area contributed by atoms with E-state index in [1.54, 1.807) is 0 Å². The maximum Gasteiger partial charge on any atom is 0.319 e. The first-order valence-electron chi connectivity index (χ1n) is 4.71. The van der Waals surface area contributed by atoms with E-state index >= 15 is 0 Å². The molecule has 1 saturated heterocycles. The van der Waals surface area contributed by atoms with Gasteiger partial charge in [0, 0.05) is 13.1 Å². The van der Waals surface area contributed by atoms with Crippen LogP contribution in [0.1, 0.15) is 6.92 Å². The second-order valence-corrected chi connectivity index (χ2v) is 3.52. The molecule has 5 heteroatoms. The van der Waals surface area contributed by atoms with E-state index in [0.717, 1.165) is 0 Å². The van der Waals surface area contributed by atoms with Crippen molar-refractivity contribution in [3.05, 3.63) is 0 Å². The van der Waals surface area contributed by atoms with Gasteiger partial charge in [0.15, 0.2) is 0 Å². The van der Waals surface area contributed by atoms with Gasteiger partial charge in [0.05, 0.1) is 32.5 Å². The van der Waals surface area contributed by atoms with Crippen LogP contribution in [0.25, 0.3) is 0 Å². The van der Waals surface area contributed by atoms with Crippen molar-refractivity contribution in [3.8, 4) is 0 Å². The van der Waals surface area contributed by atoms with Crippen LogP contribution in [0.15, 0.2) is 0 Å². The molecule has 1 fully saturated rings. The van der Waals surface area contributed by atoms with Gasteiger partial charge in [0.25, 0.3) is 0 Å². The summed E-state index contributed by atoms with van der Waals surface area (Å²) in [5.41, 5.74) is 0. The summed E-state index contributed by atoms with van der Waals surface area (Å²) < 4.78 is 10.0. The quantitative estimate of drug-likeness (QED) is 0.611. The van der Waals surface area contributed by atoms with Crippen molar-refractivity contribution in [2.75, 3.05) is 33.4 Å². The number of hydrogen-bond donors (Lipinski definition) is 1. The molecule has 0 saturated carbocycles. The first-order valence-corrected chi connectivity index (χ1v) is 4.71. The van der Waals surface area contributed by atoms with Crippen LogP contribution in [0.3, 0.4) is 0 Å². The highest BCUT2D eigenvalue weighted by molar-refractivity contribution is 5.71. The zero-order valence-electron chi connectivity index (χ0n) is 8.60. The van der Waals surface area contributed by atoms with Gasteiger partial charge in [-0.3, -0.25) is 9.69 Å². The number of rotatable bonds is 3. The van der Waals surface area contributed by atoms with Crippen molar-refractivity contribution in [3.63, 3.8) is 0 Å². The number of aliphatic hydroxyl groups excluding tert-OH is 1. The minimum Gasteiger partial charge on any atom is -0.468 e. The Morgan fingerprint density at radius 1 is 1.64 bits per heavy atom. The van der Waals surface area contributed by atoms with Crippen LogP contribution in [0, 0.1) is 0 Å². The van der Waals surface area contributed by atoms with Crippen molar-refractivity contribution in [1.29, 1.82) is 0 Å². The monoisotopic (exact) mass is 203 g/mol. The fourth-order valence-electron chi connectivity index (χ4n) is 1.62. The normalized spacial score (nSPS) is 28.8. The van der Waals surface area contributed by atoms with Crippen molar-refractivity contribution >= 4 is 5.97 Å². The lowest BCUT2D eigenvalue weighted by Crippen LogP contribution is -2.49. The fourth-order valence-corrected chi connectivity index (χ4v) is 1.62. The maximum absolute atomic E-state index is 11.0. The average Bonchev–Trinajstić information content (AvgIpc) is 2.16. The Balaban J connectivity index is 2.40. The van der Waals surface area contributed by atoms with Gasteiger partial charge in [-0.05, 0) is 6.92 Å². The molecular weight excluding hydrogens is 186 g/mol. The molecule has 1 rings (SSSR count). The third-order valence-corrected chi connectivity index (χ3v) is 2.19. The van der Waals surface area contributed by atoms with Crippen molar-refractivity contribution in [2.24, 2.45) is 0 Å². The number of ether oxygens (including phenoxy) is 2. The van der Waals surface area contributed by atoms with E-state index in [9.17, 15) is 4.79 Å². The lowest BCUT2D eigenvalue weighted by molar-refractivity contribution is -0.146. The van der Waals surface area contributed by atoms with E-state index in [0.29, 0.717) is 13.1 Å². The summed E-state index contributed by atoms with van der Waals surface area (Å²) in [4.78, 5) is 12.9. The second kappa shape index (κ2) is 5.29. The third-order valence-electron chi connectivity index (χ3n) is 2.19. The van der Waals surface area contributed by atoms with Crippen LogP contribution < -0.4 is 0 Å². The van der Waals surface area contributed by atoms with Crippen LogP contribution in [-0.4, -0.2) is 61.5 Å². The number of aliphatic hydroxyl groups is 1. The molecule has 2 unspecified atom stereocenters. The lowest BCUT2D eigenvalue weighted by Gasteiger charge is -2.35. The summed E-state index contributed by atoms with van der Waals surface area (Å²) in [5.74, 6) is -0.254. The minimum absolute atomic E-state index is 0.0119. The highest BCUT2D eigenvalue weighted by atomic mass is 16.5. The lowest BCUT2D eigenvalue weighted by atomic mass is 10.2. The van der Waals surface area contributed by atoms with E-state index in [-0.39, 0.29) is 31.3 Å². The van der Waals surface area contributed by atoms with Gasteiger partial charge >= 0.3 is 5.97 Å². The van der Waals surface area contributed by atoms with Crippen molar-refractivity contribution in [2.45, 2.75) is 19.1 Å². The molecule has 0 bridgehead atoms. The summed E-state index contributed by atoms with van der Waals surface area (Å²) in [6, 6.07) is 0. The Morgan fingerprint density at radius 2 is 2.36 bits per heavy atom. The number of esters is 1. The van der Waals surface area contributed by atoms with Crippen LogP contribution >= 0.6 is 0 Å². The molecule has 0 aromatic heterocycles. The number of nitrogens with zero attached hydrogens (tertiary/aromatic N) is 1. The van der Waals surface area contributed by atoms with Gasteiger partial charge < -0.3 is 14.6 Å². The SMILES string of the molecule is COC(=O)CN1CC(C)OC(CO)C1. The van der Waals surface area contributed by atoms with Gasteiger partial charge in [0.2, 0.25) is 0 Å². The summed E-state index contributed by atoms with van der Waals surface area (Å²) in [5, 5.41) is 8.95. The van der Waals surface area contributed by atoms with Crippen molar-refractivity contribution < 1.29 is 19.4 Å². The Morgan fingerprint density at radius 3 is 2.93 bits per heavy atom. The highest BCUT2D eigenvalue weighted by Gasteiger charge is 2.25. The van der Waals surface area contributed by atoms with E-state index < -0.39 is 0 Å². The molecule has 0 radical (unpaired) electrons. The molecule has 0 aromatic carbocycles. The molecule has 82 valence electrons. The Kier molecular flexibility index (Phi) is 4.31. The summed E-state index contributed by atoms with van der Waals surface area (Å²) in [6.07, 6.45) is -0.144. The zero-order valence-corrected chi connectivity index (χ0v) is 8.60. The first-order chi connectivity index (χ1) is 6.65. The summed E-state index contributed by atoms with van der Waals surface area (Å²) >= 11 is 0. The number of carbonyl (C=O) groups excluding carboxylic acids is 1. The number of carbonyl (C=O) groups is 1. The van der Waals surface area contributed by atoms with Gasteiger partial charge in [-0.1, -0.05) is 0 Å². The molecule has 2 atom stereocenters. The van der Waals surface area contributed by atoms with Gasteiger partial charge in [-0.25, -0.2) is 0 Å². The van der Waals surface area contributed by atoms with Crippen LogP contribution in [-0.2, 0) is 14.3 Å². The Labute approximate surface area is 83.6 Å². The molecule has 1 N–H and O–H groups in total. The predicted octanol–water partition coefficient (Wildman–Crippen LogP) is -0.759. The van der Waals surface area contributed by atoms with Crippen LogP contribution in [0.5, 0.6) is 0 Å². The highest BCUT2D eigenvalue weighted by Crippen LogP contribution is 2.10. The average molecular weight is 203 g/mol. The van der Waals surface area contributed by atoms with Gasteiger partial charge in [0.1, 0.15) is 0 Å². The van der Waals surface area contributed by atoms with E-state index in [1.165, 1.54) is 7.11 Å². The maximum atomic E-state index is 11.0. The van der Waals surface area contributed by atoms with Crippen LogP contribution in [0.4, 0.5) is 0 Å². The number of hydrogen-bond acceptors (Lipinski definition) is 5. The largest absolute Gasteiger partial charge is 0.468 e. The minimum atomic E-state index is -0.254. The topological polar surface area (TPSA) is 59.0 Å². The van der Waals surface area contributed by atoms with Gasteiger partial charge in [-0.15, -0.1) is 0 Å². The molecule has 1 aliphatic rings. The standard InChI is InChI=1S/C9H17NO4/c1-7-3-10(5-9(12)13-2)4-8(6-11)14-7/h7-8,11H,3-6H2,1-2H3. The molecule has 5 nitrogen and oxygen atoms in total.